The van der Waals surface area contributed by atoms with Crippen LogP contribution in [0.1, 0.15) is 0 Å². The zero-order chi connectivity index (χ0) is 13.8. The van der Waals surface area contributed by atoms with Crippen LogP contribution in [0.4, 0.5) is 18.0 Å². The Morgan fingerprint density at radius 1 is 1.17 bits per heavy atom. The van der Waals surface area contributed by atoms with Gasteiger partial charge in [0.1, 0.15) is 6.54 Å². The van der Waals surface area contributed by atoms with Crippen molar-refractivity contribution < 1.29 is 27.9 Å². The van der Waals surface area contributed by atoms with Gasteiger partial charge in [0.2, 0.25) is 0 Å². The van der Waals surface area contributed by atoms with Crippen molar-refractivity contribution in [1.82, 2.24) is 15.1 Å². The van der Waals surface area contributed by atoms with Crippen LogP contribution >= 0.6 is 0 Å². The van der Waals surface area contributed by atoms with E-state index in [2.05, 4.69) is 5.32 Å². The monoisotopic (exact) mass is 269 g/mol. The summed E-state index contributed by atoms with van der Waals surface area (Å²) in [5, 5.41) is 10.5. The minimum absolute atomic E-state index is 0.125. The van der Waals surface area contributed by atoms with E-state index in [1.165, 1.54) is 9.80 Å². The molecule has 0 bridgehead atoms. The quantitative estimate of drug-likeness (QED) is 0.754. The molecule has 9 heteroatoms. The number of piperazine rings is 1. The minimum Gasteiger partial charge on any atom is -0.480 e. The largest absolute Gasteiger partial charge is 0.480 e. The molecular weight excluding hydrogens is 255 g/mol. The van der Waals surface area contributed by atoms with Gasteiger partial charge in [-0.25, -0.2) is 4.79 Å². The molecule has 0 aliphatic carbocycles. The fraction of sp³-hybridized carbons (Fsp3) is 0.778. The first-order valence-electron chi connectivity index (χ1n) is 5.31. The number of alkyl halides is 3. The van der Waals surface area contributed by atoms with E-state index < -0.39 is 31.3 Å². The van der Waals surface area contributed by atoms with E-state index in [9.17, 15) is 22.8 Å². The third-order valence-corrected chi connectivity index (χ3v) is 2.45. The predicted octanol–water partition coefficient (Wildman–Crippen LogP) is -0.0395. The van der Waals surface area contributed by atoms with Gasteiger partial charge in [-0.05, 0) is 0 Å². The molecule has 0 spiro atoms. The van der Waals surface area contributed by atoms with Crippen LogP contribution in [0.25, 0.3) is 0 Å². The third kappa shape index (κ3) is 5.21. The highest BCUT2D eigenvalue weighted by molar-refractivity contribution is 5.80. The molecule has 0 atom stereocenters. The van der Waals surface area contributed by atoms with E-state index >= 15 is 0 Å². The highest BCUT2D eigenvalue weighted by atomic mass is 19.4. The van der Waals surface area contributed by atoms with Gasteiger partial charge in [0.25, 0.3) is 0 Å². The molecule has 1 rings (SSSR count). The number of amides is 2. The van der Waals surface area contributed by atoms with Crippen molar-refractivity contribution in [3.8, 4) is 0 Å². The first-order valence-corrected chi connectivity index (χ1v) is 5.31. The molecule has 1 aliphatic rings. The number of nitrogens with one attached hydrogen (secondary N) is 1. The van der Waals surface area contributed by atoms with Gasteiger partial charge >= 0.3 is 18.2 Å². The molecule has 0 aromatic heterocycles. The molecule has 1 heterocycles. The highest BCUT2D eigenvalue weighted by Gasteiger charge is 2.32. The molecule has 104 valence electrons. The van der Waals surface area contributed by atoms with E-state index in [0.29, 0.717) is 0 Å². The first kappa shape index (κ1) is 14.6. The van der Waals surface area contributed by atoms with Crippen LogP contribution in [-0.2, 0) is 4.79 Å². The van der Waals surface area contributed by atoms with Crippen LogP contribution in [0.2, 0.25) is 0 Å². The molecule has 0 aromatic rings. The summed E-state index contributed by atoms with van der Waals surface area (Å²) in [5.74, 6) is -1.17. The lowest BCUT2D eigenvalue weighted by atomic mass is 10.3. The zero-order valence-corrected chi connectivity index (χ0v) is 9.53. The molecule has 2 N–H and O–H groups in total. The van der Waals surface area contributed by atoms with E-state index in [1.807, 2.05) is 0 Å². The van der Waals surface area contributed by atoms with Crippen molar-refractivity contribution in [2.45, 2.75) is 6.18 Å². The maximum Gasteiger partial charge on any atom is 0.401 e. The molecule has 1 fully saturated rings. The van der Waals surface area contributed by atoms with Gasteiger partial charge in [-0.15, -0.1) is 0 Å². The Bertz CT molecular complexity index is 314. The van der Waals surface area contributed by atoms with E-state index in [-0.39, 0.29) is 26.2 Å². The molecule has 1 saturated heterocycles. The van der Waals surface area contributed by atoms with Gasteiger partial charge in [0.05, 0.1) is 6.54 Å². The number of urea groups is 1. The number of halogens is 3. The summed E-state index contributed by atoms with van der Waals surface area (Å²) in [6.45, 7) is -0.928. The molecule has 0 aromatic carbocycles. The Kier molecular flexibility index (Phi) is 4.76. The van der Waals surface area contributed by atoms with Crippen LogP contribution < -0.4 is 5.32 Å². The standard InChI is InChI=1S/C9H14F3N3O3/c10-9(11,12)6-14-1-3-15(4-2-14)8(18)13-5-7(16)17/h1-6H2,(H,13,18)(H,16,17). The number of carbonyl (C=O) groups excluding carboxylic acids is 1. The fourth-order valence-electron chi connectivity index (χ4n) is 1.63. The smallest absolute Gasteiger partial charge is 0.401 e. The summed E-state index contributed by atoms with van der Waals surface area (Å²) in [4.78, 5) is 24.1. The summed E-state index contributed by atoms with van der Waals surface area (Å²) >= 11 is 0. The second-order valence-electron chi connectivity index (χ2n) is 3.93. The topological polar surface area (TPSA) is 72.9 Å². The normalized spacial score (nSPS) is 17.6. The summed E-state index contributed by atoms with van der Waals surface area (Å²) in [5.41, 5.74) is 0. The Hall–Kier alpha value is -1.51. The number of carbonyl (C=O) groups is 2. The highest BCUT2D eigenvalue weighted by Crippen LogP contribution is 2.17. The summed E-state index contributed by atoms with van der Waals surface area (Å²) in [6, 6.07) is -0.566. The number of hydrogen-bond donors (Lipinski definition) is 2. The SMILES string of the molecule is O=C(O)CNC(=O)N1CCN(CC(F)(F)F)CC1. The van der Waals surface area contributed by atoms with Gasteiger partial charge in [-0.2, -0.15) is 13.2 Å². The molecule has 2 amide bonds. The number of carboxylic acids is 1. The van der Waals surface area contributed by atoms with Crippen LogP contribution in [0.15, 0.2) is 0 Å². The maximum atomic E-state index is 12.1. The minimum atomic E-state index is -4.24. The van der Waals surface area contributed by atoms with E-state index in [0.717, 1.165) is 0 Å². The van der Waals surface area contributed by atoms with Crippen molar-refractivity contribution in [3.63, 3.8) is 0 Å². The summed E-state index contributed by atoms with van der Waals surface area (Å²) in [7, 11) is 0. The lowest BCUT2D eigenvalue weighted by Crippen LogP contribution is -2.53. The predicted molar refractivity (Wildman–Crippen MR) is 55.1 cm³/mol. The first-order chi connectivity index (χ1) is 8.28. The lowest BCUT2D eigenvalue weighted by Gasteiger charge is -2.34. The van der Waals surface area contributed by atoms with Crippen molar-refractivity contribution in [1.29, 1.82) is 0 Å². The third-order valence-electron chi connectivity index (χ3n) is 2.45. The van der Waals surface area contributed by atoms with Gasteiger partial charge in [-0.1, -0.05) is 0 Å². The van der Waals surface area contributed by atoms with E-state index in [1.54, 1.807) is 0 Å². The number of hydrogen-bond acceptors (Lipinski definition) is 3. The van der Waals surface area contributed by atoms with Gasteiger partial charge in [0.15, 0.2) is 0 Å². The number of carboxylic acid groups (broad SMARTS) is 1. The van der Waals surface area contributed by atoms with Gasteiger partial charge in [0, 0.05) is 26.2 Å². The Morgan fingerprint density at radius 3 is 2.17 bits per heavy atom. The van der Waals surface area contributed by atoms with Gasteiger partial charge in [-0.3, -0.25) is 9.69 Å². The second kappa shape index (κ2) is 5.89. The number of nitrogens with zero attached hydrogens (tertiary/aromatic N) is 2. The molecule has 0 unspecified atom stereocenters. The van der Waals surface area contributed by atoms with Crippen LogP contribution in [0, 0.1) is 0 Å². The van der Waals surface area contributed by atoms with Gasteiger partial charge < -0.3 is 15.3 Å². The lowest BCUT2D eigenvalue weighted by molar-refractivity contribution is -0.148. The zero-order valence-electron chi connectivity index (χ0n) is 9.53. The molecule has 0 saturated carbocycles. The second-order valence-corrected chi connectivity index (χ2v) is 3.93. The molecular formula is C9H14F3N3O3. The van der Waals surface area contributed by atoms with Crippen molar-refractivity contribution in [2.24, 2.45) is 0 Å². The summed E-state index contributed by atoms with van der Waals surface area (Å²) < 4.78 is 36.3. The maximum absolute atomic E-state index is 12.1. The Morgan fingerprint density at radius 2 is 1.72 bits per heavy atom. The van der Waals surface area contributed by atoms with Crippen molar-refractivity contribution in [2.75, 3.05) is 39.3 Å². The van der Waals surface area contributed by atoms with Crippen molar-refractivity contribution >= 4 is 12.0 Å². The Labute approximate surface area is 101 Å². The van der Waals surface area contributed by atoms with Crippen LogP contribution in [-0.4, -0.2) is 72.4 Å². The number of rotatable bonds is 3. The molecule has 6 nitrogen and oxygen atoms in total. The average molecular weight is 269 g/mol. The van der Waals surface area contributed by atoms with E-state index in [4.69, 9.17) is 5.11 Å². The van der Waals surface area contributed by atoms with Crippen LogP contribution in [0.5, 0.6) is 0 Å². The average Bonchev–Trinajstić information content (AvgIpc) is 2.24. The number of aliphatic carboxylic acids is 1. The Balaban J connectivity index is 2.30. The summed E-state index contributed by atoms with van der Waals surface area (Å²) in [6.07, 6.45) is -4.24. The molecule has 1 aliphatic heterocycles. The van der Waals surface area contributed by atoms with Crippen LogP contribution in [0.3, 0.4) is 0 Å². The molecule has 18 heavy (non-hydrogen) atoms. The van der Waals surface area contributed by atoms with Crippen molar-refractivity contribution in [3.05, 3.63) is 0 Å². The fourth-order valence-corrected chi connectivity index (χ4v) is 1.63. The molecule has 0 radical (unpaired) electrons.